The lowest BCUT2D eigenvalue weighted by molar-refractivity contribution is -0.144. The number of carbonyl (C=O) groups is 1. The molecular formula is C15H30Cl3N5O. The smallest absolute Gasteiger partial charge is 0.230 e. The molecule has 142 valence electrons. The van der Waals surface area contributed by atoms with Gasteiger partial charge in [0.1, 0.15) is 5.82 Å². The van der Waals surface area contributed by atoms with Crippen LogP contribution in [0.5, 0.6) is 0 Å². The molecule has 1 aliphatic heterocycles. The molecule has 1 aliphatic rings. The van der Waals surface area contributed by atoms with Crippen LogP contribution in [0, 0.1) is 5.41 Å². The minimum absolute atomic E-state index is 0. The Morgan fingerprint density at radius 2 is 1.79 bits per heavy atom. The fraction of sp³-hybridized carbons (Fsp3) is 0.733. The van der Waals surface area contributed by atoms with Crippen molar-refractivity contribution >= 4 is 43.1 Å². The van der Waals surface area contributed by atoms with Crippen molar-refractivity contribution in [2.75, 3.05) is 32.7 Å². The SMILES string of the molecule is CCC(CC)(CN)C(=O)N1CCN(Cc2ncc[nH]2)CC1.Cl.Cl.Cl. The van der Waals surface area contributed by atoms with E-state index >= 15 is 0 Å². The van der Waals surface area contributed by atoms with Crippen molar-refractivity contribution in [3.8, 4) is 0 Å². The summed E-state index contributed by atoms with van der Waals surface area (Å²) in [7, 11) is 0. The molecule has 6 nitrogen and oxygen atoms in total. The van der Waals surface area contributed by atoms with Gasteiger partial charge in [-0.15, -0.1) is 37.2 Å². The monoisotopic (exact) mass is 401 g/mol. The van der Waals surface area contributed by atoms with E-state index < -0.39 is 0 Å². The first kappa shape index (κ1) is 25.7. The molecule has 0 bridgehead atoms. The Labute approximate surface area is 163 Å². The maximum atomic E-state index is 12.7. The quantitative estimate of drug-likeness (QED) is 0.763. The van der Waals surface area contributed by atoms with Gasteiger partial charge < -0.3 is 15.6 Å². The second-order valence-corrected chi connectivity index (χ2v) is 5.80. The first-order valence-corrected chi connectivity index (χ1v) is 7.85. The van der Waals surface area contributed by atoms with Gasteiger partial charge in [-0.25, -0.2) is 4.98 Å². The van der Waals surface area contributed by atoms with Gasteiger partial charge in [0, 0.05) is 45.1 Å². The summed E-state index contributed by atoms with van der Waals surface area (Å²) < 4.78 is 0. The maximum Gasteiger partial charge on any atom is 0.230 e. The molecule has 1 amide bonds. The van der Waals surface area contributed by atoms with E-state index in [0.717, 1.165) is 51.4 Å². The number of nitrogens with one attached hydrogen (secondary N) is 1. The Kier molecular flexibility index (Phi) is 12.8. The van der Waals surface area contributed by atoms with E-state index in [1.165, 1.54) is 0 Å². The van der Waals surface area contributed by atoms with Gasteiger partial charge in [0.05, 0.1) is 12.0 Å². The van der Waals surface area contributed by atoms with Gasteiger partial charge >= 0.3 is 0 Å². The fourth-order valence-corrected chi connectivity index (χ4v) is 2.97. The summed E-state index contributed by atoms with van der Waals surface area (Å²) in [5.74, 6) is 1.21. The molecule has 0 unspecified atom stereocenters. The number of piperazine rings is 1. The average molecular weight is 403 g/mol. The van der Waals surface area contributed by atoms with Crippen LogP contribution in [0.1, 0.15) is 32.5 Å². The molecule has 1 fully saturated rings. The normalized spacial score (nSPS) is 15.0. The van der Waals surface area contributed by atoms with Gasteiger partial charge in [0.2, 0.25) is 5.91 Å². The van der Waals surface area contributed by atoms with Gasteiger partial charge in [0.15, 0.2) is 0 Å². The number of halogens is 3. The summed E-state index contributed by atoms with van der Waals surface area (Å²) in [6.07, 6.45) is 5.23. The van der Waals surface area contributed by atoms with Crippen LogP contribution in [-0.2, 0) is 11.3 Å². The number of hydrogen-bond donors (Lipinski definition) is 2. The van der Waals surface area contributed by atoms with Crippen LogP contribution in [0.4, 0.5) is 0 Å². The predicted octanol–water partition coefficient (Wildman–Crippen LogP) is 2.08. The molecule has 1 saturated heterocycles. The van der Waals surface area contributed by atoms with E-state index in [2.05, 4.69) is 28.7 Å². The molecule has 0 radical (unpaired) electrons. The average Bonchev–Trinajstić information content (AvgIpc) is 3.03. The Morgan fingerprint density at radius 1 is 1.21 bits per heavy atom. The van der Waals surface area contributed by atoms with E-state index in [4.69, 9.17) is 5.73 Å². The van der Waals surface area contributed by atoms with Crippen LogP contribution in [0.25, 0.3) is 0 Å². The molecule has 0 spiro atoms. The zero-order chi connectivity index (χ0) is 15.3. The van der Waals surface area contributed by atoms with E-state index in [1.807, 2.05) is 11.1 Å². The second-order valence-electron chi connectivity index (χ2n) is 5.80. The highest BCUT2D eigenvalue weighted by Gasteiger charge is 2.37. The first-order valence-electron chi connectivity index (χ1n) is 7.85. The molecule has 1 aromatic heterocycles. The summed E-state index contributed by atoms with van der Waals surface area (Å²) in [4.78, 5) is 24.4. The third kappa shape index (κ3) is 5.77. The molecule has 0 atom stereocenters. The fourth-order valence-electron chi connectivity index (χ4n) is 2.97. The molecule has 1 aromatic rings. The summed E-state index contributed by atoms with van der Waals surface area (Å²) >= 11 is 0. The predicted molar refractivity (Wildman–Crippen MR) is 104 cm³/mol. The number of aromatic amines is 1. The Bertz CT molecular complexity index is 438. The molecule has 0 aliphatic carbocycles. The minimum Gasteiger partial charge on any atom is -0.348 e. The summed E-state index contributed by atoms with van der Waals surface area (Å²) in [5, 5.41) is 0. The number of nitrogens with two attached hydrogens (primary N) is 1. The third-order valence-corrected chi connectivity index (χ3v) is 4.79. The van der Waals surface area contributed by atoms with E-state index in [1.54, 1.807) is 6.20 Å². The molecule has 0 aromatic carbocycles. The lowest BCUT2D eigenvalue weighted by Gasteiger charge is -2.40. The van der Waals surface area contributed by atoms with Crippen molar-refractivity contribution in [2.24, 2.45) is 11.1 Å². The van der Waals surface area contributed by atoms with Gasteiger partial charge in [-0.1, -0.05) is 13.8 Å². The van der Waals surface area contributed by atoms with Gasteiger partial charge in [-0.3, -0.25) is 9.69 Å². The van der Waals surface area contributed by atoms with Crippen LogP contribution in [-0.4, -0.2) is 58.4 Å². The number of amides is 1. The molecule has 2 heterocycles. The van der Waals surface area contributed by atoms with Crippen molar-refractivity contribution < 1.29 is 4.79 Å². The summed E-state index contributed by atoms with van der Waals surface area (Å²) in [6, 6.07) is 0. The van der Waals surface area contributed by atoms with Crippen molar-refractivity contribution in [1.29, 1.82) is 0 Å². The van der Waals surface area contributed by atoms with Gasteiger partial charge in [0.25, 0.3) is 0 Å². The molecule has 2 rings (SSSR count). The number of nitrogens with zero attached hydrogens (tertiary/aromatic N) is 3. The zero-order valence-corrected chi connectivity index (χ0v) is 16.8. The van der Waals surface area contributed by atoms with Crippen LogP contribution >= 0.6 is 37.2 Å². The Hall–Kier alpha value is -0.530. The number of imidazole rings is 1. The lowest BCUT2D eigenvalue weighted by Crippen LogP contribution is -2.54. The molecular weight excluding hydrogens is 373 g/mol. The molecule has 24 heavy (non-hydrogen) atoms. The first-order chi connectivity index (χ1) is 10.1. The van der Waals surface area contributed by atoms with Crippen molar-refractivity contribution in [3.63, 3.8) is 0 Å². The zero-order valence-electron chi connectivity index (χ0n) is 14.4. The standard InChI is InChI=1S/C15H27N5O.3ClH/c1-3-15(4-2,12-16)14(21)20-9-7-19(8-10-20)11-13-17-5-6-18-13;;;/h5-6H,3-4,7-12,16H2,1-2H3,(H,17,18);3*1H. The highest BCUT2D eigenvalue weighted by molar-refractivity contribution is 5.86. The van der Waals surface area contributed by atoms with E-state index in [9.17, 15) is 4.79 Å². The number of rotatable bonds is 6. The van der Waals surface area contributed by atoms with E-state index in [0.29, 0.717) is 6.54 Å². The van der Waals surface area contributed by atoms with Crippen LogP contribution < -0.4 is 5.73 Å². The number of H-pyrrole nitrogens is 1. The minimum atomic E-state index is -0.372. The number of hydrogen-bond acceptors (Lipinski definition) is 4. The Morgan fingerprint density at radius 3 is 2.21 bits per heavy atom. The number of carbonyl (C=O) groups excluding carboxylic acids is 1. The summed E-state index contributed by atoms with van der Waals surface area (Å²) in [6.45, 7) is 8.70. The lowest BCUT2D eigenvalue weighted by atomic mass is 9.81. The van der Waals surface area contributed by atoms with Crippen molar-refractivity contribution in [3.05, 3.63) is 18.2 Å². The number of aromatic nitrogens is 2. The molecule has 9 heteroatoms. The highest BCUT2D eigenvalue weighted by atomic mass is 35.5. The van der Waals surface area contributed by atoms with Crippen LogP contribution in [0.15, 0.2) is 12.4 Å². The topological polar surface area (TPSA) is 78.2 Å². The molecule has 3 N–H and O–H groups in total. The van der Waals surface area contributed by atoms with Crippen LogP contribution in [0.3, 0.4) is 0 Å². The molecule has 0 saturated carbocycles. The largest absolute Gasteiger partial charge is 0.348 e. The highest BCUT2D eigenvalue weighted by Crippen LogP contribution is 2.28. The summed E-state index contributed by atoms with van der Waals surface area (Å²) in [5.41, 5.74) is 5.51. The van der Waals surface area contributed by atoms with Gasteiger partial charge in [-0.05, 0) is 12.8 Å². The van der Waals surface area contributed by atoms with Crippen LogP contribution in [0.2, 0.25) is 0 Å². The Balaban J connectivity index is 0. The van der Waals surface area contributed by atoms with E-state index in [-0.39, 0.29) is 48.5 Å². The van der Waals surface area contributed by atoms with Crippen molar-refractivity contribution in [1.82, 2.24) is 19.8 Å². The second kappa shape index (κ2) is 11.9. The van der Waals surface area contributed by atoms with Gasteiger partial charge in [-0.2, -0.15) is 0 Å². The maximum absolute atomic E-state index is 12.7. The van der Waals surface area contributed by atoms with Crippen molar-refractivity contribution in [2.45, 2.75) is 33.2 Å². The third-order valence-electron chi connectivity index (χ3n) is 4.79.